The molecule has 6 nitrogen and oxygen atoms in total. The number of hydrogen-bond donors (Lipinski definition) is 3. The smallest absolute Gasteiger partial charge is 0.266 e. The first kappa shape index (κ1) is 10.7. The Morgan fingerprint density at radius 2 is 2.57 bits per heavy atom. The molecule has 14 heavy (non-hydrogen) atoms. The molecule has 0 saturated carbocycles. The van der Waals surface area contributed by atoms with Crippen LogP contribution in [0.4, 0.5) is 5.69 Å². The summed E-state index contributed by atoms with van der Waals surface area (Å²) in [6.45, 7) is 0.296. The molecule has 1 rings (SSSR count). The molecule has 0 aliphatic heterocycles. The molecule has 1 aromatic heterocycles. The van der Waals surface area contributed by atoms with Crippen LogP contribution in [0.5, 0.6) is 0 Å². The summed E-state index contributed by atoms with van der Waals surface area (Å²) < 4.78 is 4.87. The first-order valence-electron chi connectivity index (χ1n) is 4.17. The summed E-state index contributed by atoms with van der Waals surface area (Å²) in [5.41, 5.74) is 0.272. The van der Waals surface area contributed by atoms with Crippen molar-refractivity contribution in [1.29, 1.82) is 0 Å². The second-order valence-corrected chi connectivity index (χ2v) is 2.81. The summed E-state index contributed by atoms with van der Waals surface area (Å²) in [5, 5.41) is 17.7. The van der Waals surface area contributed by atoms with Crippen molar-refractivity contribution in [2.75, 3.05) is 25.6 Å². The van der Waals surface area contributed by atoms with E-state index in [2.05, 4.69) is 15.5 Å². The van der Waals surface area contributed by atoms with Gasteiger partial charge in [-0.2, -0.15) is 5.10 Å². The number of nitrogens with zero attached hydrogens (tertiary/aromatic N) is 1. The van der Waals surface area contributed by atoms with Gasteiger partial charge in [0.2, 0.25) is 0 Å². The second-order valence-electron chi connectivity index (χ2n) is 2.81. The monoisotopic (exact) mass is 199 g/mol. The normalized spacial score (nSPS) is 12.4. The highest BCUT2D eigenvalue weighted by Crippen LogP contribution is 2.01. The fourth-order valence-electron chi connectivity index (χ4n) is 1.03. The van der Waals surface area contributed by atoms with E-state index >= 15 is 0 Å². The maximum absolute atomic E-state index is 10.9. The lowest BCUT2D eigenvalue weighted by molar-refractivity contribution is 0.153. The molecule has 1 heterocycles. The van der Waals surface area contributed by atoms with Gasteiger partial charge in [-0.05, 0) is 0 Å². The third-order valence-corrected chi connectivity index (χ3v) is 1.62. The Morgan fingerprint density at radius 3 is 3.14 bits per heavy atom. The van der Waals surface area contributed by atoms with Gasteiger partial charge in [0, 0.05) is 13.2 Å². The maximum Gasteiger partial charge on any atom is 0.266 e. The van der Waals surface area contributed by atoms with Crippen molar-refractivity contribution < 1.29 is 9.84 Å². The number of aliphatic hydroxyl groups excluding tert-OH is 1. The SMILES string of the molecule is COCC(CO)Nc1cn[nH]c(=O)c1. The van der Waals surface area contributed by atoms with E-state index in [1.54, 1.807) is 7.11 Å². The van der Waals surface area contributed by atoms with E-state index in [9.17, 15) is 4.79 Å². The minimum Gasteiger partial charge on any atom is -0.394 e. The molecule has 0 aliphatic carbocycles. The number of aromatic nitrogens is 2. The van der Waals surface area contributed by atoms with E-state index in [-0.39, 0.29) is 18.2 Å². The zero-order valence-corrected chi connectivity index (χ0v) is 7.86. The molecule has 0 bridgehead atoms. The number of methoxy groups -OCH3 is 1. The van der Waals surface area contributed by atoms with E-state index in [0.29, 0.717) is 12.3 Å². The lowest BCUT2D eigenvalue weighted by Gasteiger charge is -2.15. The first-order valence-corrected chi connectivity index (χ1v) is 4.17. The predicted molar refractivity (Wildman–Crippen MR) is 51.2 cm³/mol. The Bertz CT molecular complexity index is 326. The van der Waals surface area contributed by atoms with Crippen LogP contribution in [0.1, 0.15) is 0 Å². The largest absolute Gasteiger partial charge is 0.394 e. The van der Waals surface area contributed by atoms with Gasteiger partial charge >= 0.3 is 0 Å². The molecule has 1 atom stereocenters. The van der Waals surface area contributed by atoms with Gasteiger partial charge in [-0.3, -0.25) is 4.79 Å². The number of ether oxygens (including phenoxy) is 1. The molecule has 0 spiro atoms. The first-order chi connectivity index (χ1) is 6.76. The number of hydrogen-bond acceptors (Lipinski definition) is 5. The molecular formula is C8H13N3O3. The van der Waals surface area contributed by atoms with E-state index in [0.717, 1.165) is 0 Å². The molecule has 0 aliphatic rings. The van der Waals surface area contributed by atoms with Gasteiger partial charge in [0.25, 0.3) is 5.56 Å². The minimum absolute atomic E-state index is 0.0688. The molecular weight excluding hydrogens is 186 g/mol. The van der Waals surface area contributed by atoms with Crippen LogP contribution in [0, 0.1) is 0 Å². The van der Waals surface area contributed by atoms with Crippen LogP contribution in [0.2, 0.25) is 0 Å². The number of nitrogens with one attached hydrogen (secondary N) is 2. The number of aliphatic hydroxyl groups is 1. The highest BCUT2D eigenvalue weighted by molar-refractivity contribution is 5.39. The summed E-state index contributed by atoms with van der Waals surface area (Å²) in [7, 11) is 1.54. The summed E-state index contributed by atoms with van der Waals surface area (Å²) in [6, 6.07) is 1.13. The number of aromatic amines is 1. The zero-order chi connectivity index (χ0) is 10.4. The predicted octanol–water partition coefficient (Wildman–Crippen LogP) is -0.811. The minimum atomic E-state index is -0.288. The van der Waals surface area contributed by atoms with E-state index < -0.39 is 0 Å². The Morgan fingerprint density at radius 1 is 1.79 bits per heavy atom. The van der Waals surface area contributed by atoms with Crippen molar-refractivity contribution in [2.45, 2.75) is 6.04 Å². The lowest BCUT2D eigenvalue weighted by atomic mass is 10.3. The molecule has 1 aromatic rings. The summed E-state index contributed by atoms with van der Waals surface area (Å²) >= 11 is 0. The highest BCUT2D eigenvalue weighted by atomic mass is 16.5. The average Bonchev–Trinajstić information content (AvgIpc) is 2.17. The fraction of sp³-hybridized carbons (Fsp3) is 0.500. The molecule has 0 saturated heterocycles. The molecule has 1 unspecified atom stereocenters. The number of rotatable bonds is 5. The fourth-order valence-corrected chi connectivity index (χ4v) is 1.03. The third-order valence-electron chi connectivity index (χ3n) is 1.62. The van der Waals surface area contributed by atoms with E-state index in [1.807, 2.05) is 0 Å². The Balaban J connectivity index is 2.62. The topological polar surface area (TPSA) is 87.2 Å². The summed E-state index contributed by atoms with van der Waals surface area (Å²) in [5.74, 6) is 0. The van der Waals surface area contributed by atoms with Crippen LogP contribution in [0.15, 0.2) is 17.1 Å². The van der Waals surface area contributed by atoms with Gasteiger partial charge in [0.15, 0.2) is 0 Å². The van der Waals surface area contributed by atoms with E-state index in [1.165, 1.54) is 12.3 Å². The summed E-state index contributed by atoms with van der Waals surface area (Å²) in [6.07, 6.45) is 1.47. The number of anilines is 1. The van der Waals surface area contributed by atoms with Crippen LogP contribution in [-0.2, 0) is 4.74 Å². The molecule has 0 aromatic carbocycles. The average molecular weight is 199 g/mol. The van der Waals surface area contributed by atoms with Crippen molar-refractivity contribution >= 4 is 5.69 Å². The van der Waals surface area contributed by atoms with Crippen LogP contribution in [0.3, 0.4) is 0 Å². The molecule has 0 fully saturated rings. The van der Waals surface area contributed by atoms with Gasteiger partial charge in [-0.25, -0.2) is 5.10 Å². The molecule has 0 radical (unpaired) electrons. The number of H-pyrrole nitrogens is 1. The highest BCUT2D eigenvalue weighted by Gasteiger charge is 2.06. The van der Waals surface area contributed by atoms with Crippen molar-refractivity contribution in [3.63, 3.8) is 0 Å². The van der Waals surface area contributed by atoms with Gasteiger partial charge in [0.05, 0.1) is 31.1 Å². The van der Waals surface area contributed by atoms with Gasteiger partial charge in [-0.1, -0.05) is 0 Å². The zero-order valence-electron chi connectivity index (χ0n) is 7.86. The van der Waals surface area contributed by atoms with Gasteiger partial charge < -0.3 is 15.2 Å². The standard InChI is InChI=1S/C8H13N3O3/c1-14-5-7(4-12)10-6-2-8(13)11-9-3-6/h2-3,7,12H,4-5H2,1H3,(H2,10,11,13). The van der Waals surface area contributed by atoms with Crippen LogP contribution in [-0.4, -0.2) is 41.7 Å². The molecule has 6 heteroatoms. The molecule has 0 amide bonds. The Hall–Kier alpha value is -1.40. The van der Waals surface area contributed by atoms with E-state index in [4.69, 9.17) is 9.84 Å². The Labute approximate surface area is 80.9 Å². The maximum atomic E-state index is 10.9. The molecule has 3 N–H and O–H groups in total. The molecule has 78 valence electrons. The van der Waals surface area contributed by atoms with Crippen molar-refractivity contribution in [2.24, 2.45) is 0 Å². The third kappa shape index (κ3) is 3.15. The van der Waals surface area contributed by atoms with Crippen molar-refractivity contribution in [3.05, 3.63) is 22.6 Å². The lowest BCUT2D eigenvalue weighted by Crippen LogP contribution is -2.29. The van der Waals surface area contributed by atoms with Crippen LogP contribution in [0.25, 0.3) is 0 Å². The van der Waals surface area contributed by atoms with Crippen molar-refractivity contribution in [3.8, 4) is 0 Å². The van der Waals surface area contributed by atoms with Crippen molar-refractivity contribution in [1.82, 2.24) is 10.2 Å². The van der Waals surface area contributed by atoms with Gasteiger partial charge in [-0.15, -0.1) is 0 Å². The van der Waals surface area contributed by atoms with Crippen LogP contribution < -0.4 is 10.9 Å². The van der Waals surface area contributed by atoms with Crippen LogP contribution >= 0.6 is 0 Å². The Kier molecular flexibility index (Phi) is 4.09. The van der Waals surface area contributed by atoms with Gasteiger partial charge in [0.1, 0.15) is 0 Å². The second kappa shape index (κ2) is 5.36. The summed E-state index contributed by atoms with van der Waals surface area (Å²) in [4.78, 5) is 10.9. The quantitative estimate of drug-likeness (QED) is 0.577.